The van der Waals surface area contributed by atoms with Crippen LogP contribution in [0.3, 0.4) is 0 Å². The van der Waals surface area contributed by atoms with Crippen molar-refractivity contribution in [3.63, 3.8) is 0 Å². The van der Waals surface area contributed by atoms with Crippen molar-refractivity contribution in [2.75, 3.05) is 18.4 Å². The normalized spacial score (nSPS) is 14.8. The number of piperidine rings is 1. The molecule has 2 aromatic carbocycles. The molecule has 1 saturated heterocycles. The lowest BCUT2D eigenvalue weighted by Crippen LogP contribution is -2.40. The van der Waals surface area contributed by atoms with Gasteiger partial charge in [-0.15, -0.1) is 0 Å². The summed E-state index contributed by atoms with van der Waals surface area (Å²) >= 11 is 5.93. The fourth-order valence-corrected chi connectivity index (χ4v) is 3.65. The molecule has 0 radical (unpaired) electrons. The second-order valence-corrected chi connectivity index (χ2v) is 7.84. The number of halogens is 1. The molecule has 7 heteroatoms. The highest BCUT2D eigenvalue weighted by molar-refractivity contribution is 6.30. The van der Waals surface area contributed by atoms with E-state index in [1.165, 1.54) is 0 Å². The molecule has 4 rings (SSSR count). The van der Waals surface area contributed by atoms with Gasteiger partial charge in [-0.25, -0.2) is 4.79 Å². The molecule has 0 aliphatic carbocycles. The lowest BCUT2D eigenvalue weighted by molar-refractivity contribution is 0.187. The first kappa shape index (κ1) is 19.5. The Morgan fingerprint density at radius 2 is 1.86 bits per heavy atom. The summed E-state index contributed by atoms with van der Waals surface area (Å²) in [6.45, 7) is 5.37. The summed E-state index contributed by atoms with van der Waals surface area (Å²) in [7, 11) is 0. The molecule has 150 valence electrons. The Kier molecular flexibility index (Phi) is 5.53. The molecule has 1 fully saturated rings. The number of rotatable bonds is 3. The fraction of sp³-hybridized carbons (Fsp3) is 0.318. The third-order valence-electron chi connectivity index (χ3n) is 5.52. The van der Waals surface area contributed by atoms with Crippen molar-refractivity contribution in [1.29, 1.82) is 0 Å². The number of aromatic nitrogens is 2. The van der Waals surface area contributed by atoms with Gasteiger partial charge in [-0.05, 0) is 68.1 Å². The maximum absolute atomic E-state index is 12.6. The van der Waals surface area contributed by atoms with E-state index in [2.05, 4.69) is 15.5 Å². The van der Waals surface area contributed by atoms with E-state index in [1.54, 1.807) is 12.1 Å². The van der Waals surface area contributed by atoms with Gasteiger partial charge in [-0.3, -0.25) is 0 Å². The minimum atomic E-state index is -0.0652. The molecule has 1 aromatic heterocycles. The van der Waals surface area contributed by atoms with Gasteiger partial charge < -0.3 is 14.7 Å². The van der Waals surface area contributed by atoms with Crippen molar-refractivity contribution in [2.24, 2.45) is 0 Å². The minimum absolute atomic E-state index is 0.0652. The van der Waals surface area contributed by atoms with Crippen LogP contribution in [-0.4, -0.2) is 34.2 Å². The number of benzene rings is 2. The van der Waals surface area contributed by atoms with Crippen LogP contribution in [0.1, 0.15) is 35.8 Å². The van der Waals surface area contributed by atoms with Crippen molar-refractivity contribution in [1.82, 2.24) is 15.0 Å². The van der Waals surface area contributed by atoms with Gasteiger partial charge in [0.1, 0.15) is 0 Å². The Bertz CT molecular complexity index is 1010. The van der Waals surface area contributed by atoms with E-state index in [-0.39, 0.29) is 11.9 Å². The summed E-state index contributed by atoms with van der Waals surface area (Å²) in [5.74, 6) is 1.35. The summed E-state index contributed by atoms with van der Waals surface area (Å²) in [6, 6.07) is 13.2. The number of hydrogen-bond acceptors (Lipinski definition) is 4. The number of urea groups is 1. The zero-order chi connectivity index (χ0) is 20.4. The highest BCUT2D eigenvalue weighted by Crippen LogP contribution is 2.29. The molecular formula is C22H23ClN4O2. The van der Waals surface area contributed by atoms with Gasteiger partial charge in [0.25, 0.3) is 0 Å². The molecule has 0 unspecified atom stereocenters. The van der Waals surface area contributed by atoms with Crippen LogP contribution in [0.5, 0.6) is 0 Å². The van der Waals surface area contributed by atoms with Crippen LogP contribution in [-0.2, 0) is 0 Å². The smallest absolute Gasteiger partial charge is 0.321 e. The van der Waals surface area contributed by atoms with Crippen molar-refractivity contribution < 1.29 is 9.32 Å². The number of aryl methyl sites for hydroxylation is 1. The molecule has 2 amide bonds. The van der Waals surface area contributed by atoms with Gasteiger partial charge in [0.15, 0.2) is 0 Å². The lowest BCUT2D eigenvalue weighted by atomic mass is 9.97. The molecule has 1 aliphatic heterocycles. The van der Waals surface area contributed by atoms with Crippen molar-refractivity contribution >= 4 is 23.3 Å². The zero-order valence-corrected chi connectivity index (χ0v) is 17.2. The Balaban J connectivity index is 1.36. The number of carbonyl (C=O) groups is 1. The molecule has 0 bridgehead atoms. The summed E-state index contributed by atoms with van der Waals surface area (Å²) in [6.07, 6.45) is 1.59. The predicted molar refractivity (Wildman–Crippen MR) is 113 cm³/mol. The first-order valence-corrected chi connectivity index (χ1v) is 10.1. The number of nitrogens with one attached hydrogen (secondary N) is 1. The number of carbonyl (C=O) groups excluding carboxylic acids is 1. The molecule has 29 heavy (non-hydrogen) atoms. The monoisotopic (exact) mass is 410 g/mol. The second-order valence-electron chi connectivity index (χ2n) is 7.40. The number of amides is 2. The van der Waals surface area contributed by atoms with E-state index >= 15 is 0 Å². The van der Waals surface area contributed by atoms with Gasteiger partial charge in [0, 0.05) is 35.3 Å². The largest absolute Gasteiger partial charge is 0.339 e. The molecule has 0 spiro atoms. The van der Waals surface area contributed by atoms with Crippen LogP contribution < -0.4 is 5.32 Å². The number of hydrogen-bond donors (Lipinski definition) is 1. The summed E-state index contributed by atoms with van der Waals surface area (Å²) in [5.41, 5.74) is 3.99. The predicted octanol–water partition coefficient (Wildman–Crippen LogP) is 5.42. The molecule has 3 aromatic rings. The van der Waals surface area contributed by atoms with Gasteiger partial charge in [0.05, 0.1) is 0 Å². The Morgan fingerprint density at radius 3 is 2.59 bits per heavy atom. The number of likely N-dealkylation sites (tertiary alicyclic amines) is 1. The summed E-state index contributed by atoms with van der Waals surface area (Å²) in [4.78, 5) is 19.0. The molecule has 6 nitrogen and oxygen atoms in total. The van der Waals surface area contributed by atoms with Gasteiger partial charge >= 0.3 is 6.03 Å². The highest BCUT2D eigenvalue weighted by atomic mass is 35.5. The molecule has 2 heterocycles. The maximum atomic E-state index is 12.6. The average molecular weight is 411 g/mol. The van der Waals surface area contributed by atoms with Gasteiger partial charge in [-0.2, -0.15) is 4.98 Å². The first-order valence-electron chi connectivity index (χ1n) is 9.73. The quantitative estimate of drug-likeness (QED) is 0.625. The number of nitrogens with zero attached hydrogens (tertiary/aromatic N) is 3. The van der Waals surface area contributed by atoms with Crippen LogP contribution in [0.15, 0.2) is 47.0 Å². The Morgan fingerprint density at radius 1 is 1.14 bits per heavy atom. The fourth-order valence-electron chi connectivity index (χ4n) is 3.53. The van der Waals surface area contributed by atoms with Crippen LogP contribution in [0.4, 0.5) is 10.5 Å². The molecular weight excluding hydrogens is 388 g/mol. The van der Waals surface area contributed by atoms with Crippen LogP contribution in [0, 0.1) is 13.8 Å². The van der Waals surface area contributed by atoms with Crippen LogP contribution in [0.2, 0.25) is 5.02 Å². The van der Waals surface area contributed by atoms with E-state index < -0.39 is 0 Å². The van der Waals surface area contributed by atoms with Crippen LogP contribution in [0.25, 0.3) is 11.4 Å². The van der Waals surface area contributed by atoms with Gasteiger partial charge in [0.2, 0.25) is 11.7 Å². The van der Waals surface area contributed by atoms with Crippen molar-refractivity contribution in [3.05, 3.63) is 64.5 Å². The Hall–Kier alpha value is -2.86. The average Bonchev–Trinajstić information content (AvgIpc) is 3.22. The van der Waals surface area contributed by atoms with E-state index in [9.17, 15) is 4.79 Å². The minimum Gasteiger partial charge on any atom is -0.339 e. The number of anilines is 1. The third-order valence-corrected chi connectivity index (χ3v) is 5.77. The van der Waals surface area contributed by atoms with Crippen molar-refractivity contribution in [2.45, 2.75) is 32.6 Å². The standard InChI is InChI=1S/C22H23ClN4O2/c1-14-4-3-5-19(15(14)2)24-22(28)27-12-10-17(11-13-27)21-25-20(26-29-21)16-6-8-18(23)9-7-16/h3-9,17H,10-13H2,1-2H3,(H,24,28). The van der Waals surface area contributed by atoms with E-state index in [0.29, 0.717) is 29.8 Å². The SMILES string of the molecule is Cc1cccc(NC(=O)N2CCC(c3nc(-c4ccc(Cl)cc4)no3)CC2)c1C. The van der Waals surface area contributed by atoms with E-state index in [4.69, 9.17) is 16.1 Å². The maximum Gasteiger partial charge on any atom is 0.321 e. The topological polar surface area (TPSA) is 71.3 Å². The third kappa shape index (κ3) is 4.27. The summed E-state index contributed by atoms with van der Waals surface area (Å²) in [5, 5.41) is 7.80. The molecule has 1 aliphatic rings. The molecule has 1 N–H and O–H groups in total. The van der Waals surface area contributed by atoms with Crippen molar-refractivity contribution in [3.8, 4) is 11.4 Å². The zero-order valence-electron chi connectivity index (χ0n) is 16.5. The van der Waals surface area contributed by atoms with Gasteiger partial charge in [-0.1, -0.05) is 28.9 Å². The molecule has 0 atom stereocenters. The Labute approximate surface area is 174 Å². The first-order chi connectivity index (χ1) is 14.0. The highest BCUT2D eigenvalue weighted by Gasteiger charge is 2.28. The van der Waals surface area contributed by atoms with E-state index in [1.807, 2.05) is 49.1 Å². The van der Waals surface area contributed by atoms with E-state index in [0.717, 1.165) is 35.2 Å². The lowest BCUT2D eigenvalue weighted by Gasteiger charge is -2.30. The summed E-state index contributed by atoms with van der Waals surface area (Å²) < 4.78 is 5.50. The molecule has 0 saturated carbocycles. The van der Waals surface area contributed by atoms with Crippen LogP contribution >= 0.6 is 11.6 Å². The second kappa shape index (κ2) is 8.25.